The number of rotatable bonds is 2. The van der Waals surface area contributed by atoms with E-state index >= 15 is 0 Å². The van der Waals surface area contributed by atoms with E-state index in [0.717, 1.165) is 12.5 Å². The van der Waals surface area contributed by atoms with Gasteiger partial charge in [0.25, 0.3) is 0 Å². The smallest absolute Gasteiger partial charge is 0.418 e. The molecule has 0 spiro atoms. The van der Waals surface area contributed by atoms with Gasteiger partial charge in [0.2, 0.25) is 0 Å². The second-order valence-electron chi connectivity index (χ2n) is 4.69. The highest BCUT2D eigenvalue weighted by Crippen LogP contribution is 2.27. The maximum Gasteiger partial charge on any atom is 0.478 e. The minimum absolute atomic E-state index is 0.782. The van der Waals surface area contributed by atoms with Gasteiger partial charge >= 0.3 is 35.5 Å². The van der Waals surface area contributed by atoms with Gasteiger partial charge in [-0.2, -0.15) is 0 Å². The van der Waals surface area contributed by atoms with Crippen LogP contribution in [0.1, 0.15) is 13.3 Å². The Balaban J connectivity index is 2.88. The van der Waals surface area contributed by atoms with Gasteiger partial charge in [0, 0.05) is 13.1 Å². The summed E-state index contributed by atoms with van der Waals surface area (Å²) in [5, 5.41) is 0. The van der Waals surface area contributed by atoms with Gasteiger partial charge < -0.3 is 26.1 Å². The molecule has 1 fully saturated rings. The van der Waals surface area contributed by atoms with Crippen LogP contribution in [-0.2, 0) is 16.5 Å². The lowest BCUT2D eigenvalue weighted by molar-refractivity contribution is 0.139. The minimum Gasteiger partial charge on any atom is -0.418 e. The van der Waals surface area contributed by atoms with Crippen LogP contribution in [0.25, 0.3) is 0 Å². The molecular formula is C7H22O6Si4. The first-order chi connectivity index (χ1) is 7.58. The Kier molecular flexibility index (Phi) is 4.91. The average molecular weight is 315 g/mol. The third-order valence-corrected chi connectivity index (χ3v) is 16.4. The van der Waals surface area contributed by atoms with Crippen molar-refractivity contribution in [1.82, 2.24) is 0 Å². The van der Waals surface area contributed by atoms with Gasteiger partial charge in [0.1, 0.15) is 0 Å². The van der Waals surface area contributed by atoms with Crippen molar-refractivity contribution < 1.29 is 26.1 Å². The molecule has 0 amide bonds. The summed E-state index contributed by atoms with van der Waals surface area (Å²) in [6.45, 7) is 8.78. The van der Waals surface area contributed by atoms with Crippen LogP contribution >= 0.6 is 0 Å². The quantitative estimate of drug-likeness (QED) is 0.724. The number of hydrogen-bond donors (Lipinski definition) is 2. The lowest BCUT2D eigenvalue weighted by Crippen LogP contribution is -2.63. The maximum atomic E-state index is 10.1. The molecule has 4 unspecified atom stereocenters. The normalized spacial score (nSPS) is 48.5. The van der Waals surface area contributed by atoms with Crippen molar-refractivity contribution in [3.63, 3.8) is 0 Å². The van der Waals surface area contributed by atoms with E-state index in [2.05, 4.69) is 0 Å². The van der Waals surface area contributed by atoms with Gasteiger partial charge in [-0.3, -0.25) is 0 Å². The van der Waals surface area contributed by atoms with Gasteiger partial charge in [0.15, 0.2) is 0 Å². The molecule has 0 bridgehead atoms. The zero-order valence-corrected chi connectivity index (χ0v) is 15.2. The summed E-state index contributed by atoms with van der Waals surface area (Å²) in [6.07, 6.45) is 0.919. The zero-order valence-electron chi connectivity index (χ0n) is 11.0. The summed E-state index contributed by atoms with van der Waals surface area (Å²) in [6, 6.07) is 0.782. The molecule has 4 atom stereocenters. The summed E-state index contributed by atoms with van der Waals surface area (Å²) in [5.41, 5.74) is 0. The highest BCUT2D eigenvalue weighted by Gasteiger charge is 2.52. The van der Waals surface area contributed by atoms with Gasteiger partial charge in [-0.15, -0.1) is 0 Å². The molecule has 1 aliphatic rings. The summed E-state index contributed by atoms with van der Waals surface area (Å²) < 4.78 is 22.4. The Morgan fingerprint density at radius 2 is 1.59 bits per heavy atom. The molecule has 17 heavy (non-hydrogen) atoms. The van der Waals surface area contributed by atoms with Crippen LogP contribution in [0.2, 0.25) is 32.2 Å². The molecule has 0 aromatic heterocycles. The Bertz CT molecular complexity index is 275. The Morgan fingerprint density at radius 1 is 1.00 bits per heavy atom. The fourth-order valence-corrected chi connectivity index (χ4v) is 17.6. The van der Waals surface area contributed by atoms with Crippen molar-refractivity contribution in [2.24, 2.45) is 0 Å². The molecule has 102 valence electrons. The summed E-state index contributed by atoms with van der Waals surface area (Å²) in [5.74, 6) is 0. The van der Waals surface area contributed by atoms with E-state index in [9.17, 15) is 9.59 Å². The summed E-state index contributed by atoms with van der Waals surface area (Å²) >= 11 is 0. The van der Waals surface area contributed by atoms with E-state index < -0.39 is 35.5 Å². The van der Waals surface area contributed by atoms with E-state index in [1.165, 1.54) is 13.1 Å². The van der Waals surface area contributed by atoms with Crippen LogP contribution < -0.4 is 0 Å². The third-order valence-electron chi connectivity index (χ3n) is 2.29. The predicted octanol–water partition coefficient (Wildman–Crippen LogP) is 0.521. The number of hydrogen-bond acceptors (Lipinski definition) is 6. The van der Waals surface area contributed by atoms with Crippen molar-refractivity contribution in [3.05, 3.63) is 0 Å². The largest absolute Gasteiger partial charge is 0.478 e. The van der Waals surface area contributed by atoms with E-state index in [0.29, 0.717) is 0 Å². The molecule has 0 aliphatic carbocycles. The third kappa shape index (κ3) is 5.02. The van der Waals surface area contributed by atoms with E-state index in [1.807, 2.05) is 20.0 Å². The molecule has 0 aromatic carbocycles. The molecule has 1 aliphatic heterocycles. The first-order valence-corrected chi connectivity index (χ1v) is 14.9. The molecule has 0 saturated carbocycles. The van der Waals surface area contributed by atoms with Gasteiger partial charge in [-0.25, -0.2) is 0 Å². The van der Waals surface area contributed by atoms with Crippen molar-refractivity contribution in [2.45, 2.75) is 45.6 Å². The Labute approximate surface area is 107 Å². The van der Waals surface area contributed by atoms with Crippen LogP contribution in [0, 0.1) is 0 Å². The topological polar surface area (TPSA) is 77.4 Å². The van der Waals surface area contributed by atoms with Crippen LogP contribution in [0.3, 0.4) is 0 Å². The van der Waals surface area contributed by atoms with E-state index in [-0.39, 0.29) is 0 Å². The van der Waals surface area contributed by atoms with Crippen LogP contribution in [0.15, 0.2) is 0 Å². The highest BCUT2D eigenvalue weighted by molar-refractivity contribution is 6.86. The minimum atomic E-state index is -3.37. The van der Waals surface area contributed by atoms with Crippen molar-refractivity contribution in [2.75, 3.05) is 0 Å². The van der Waals surface area contributed by atoms with E-state index in [4.69, 9.17) is 16.5 Å². The molecule has 1 rings (SSSR count). The lowest BCUT2D eigenvalue weighted by atomic mass is 10.6. The summed E-state index contributed by atoms with van der Waals surface area (Å²) in [4.78, 5) is 20.1. The van der Waals surface area contributed by atoms with Crippen LogP contribution in [0.5, 0.6) is 0 Å². The molecular weight excluding hydrogens is 292 g/mol. The molecule has 0 radical (unpaired) electrons. The maximum absolute atomic E-state index is 10.1. The van der Waals surface area contributed by atoms with Gasteiger partial charge in [0.05, 0.1) is 0 Å². The first-order valence-electron chi connectivity index (χ1n) is 5.78. The molecule has 6 nitrogen and oxygen atoms in total. The molecule has 0 aromatic rings. The molecule has 1 saturated heterocycles. The average Bonchev–Trinajstić information content (AvgIpc) is 1.94. The van der Waals surface area contributed by atoms with Gasteiger partial charge in [-0.05, 0) is 19.1 Å². The fourth-order valence-electron chi connectivity index (χ4n) is 2.07. The SMILES string of the molecule is CCC[Si]1(C)O[SiH](C)O[Si](C)(O)O[Si](C)(O)O1. The first kappa shape index (κ1) is 15.7. The van der Waals surface area contributed by atoms with Gasteiger partial charge in [-0.1, -0.05) is 13.3 Å². The second kappa shape index (κ2) is 5.32. The van der Waals surface area contributed by atoms with Crippen LogP contribution in [0.4, 0.5) is 0 Å². The van der Waals surface area contributed by atoms with Crippen molar-refractivity contribution >= 4 is 35.5 Å². The fraction of sp³-hybridized carbons (Fsp3) is 1.00. The van der Waals surface area contributed by atoms with Crippen molar-refractivity contribution in [1.29, 1.82) is 0 Å². The van der Waals surface area contributed by atoms with E-state index in [1.54, 1.807) is 0 Å². The lowest BCUT2D eigenvalue weighted by Gasteiger charge is -2.41. The molecule has 1 heterocycles. The van der Waals surface area contributed by atoms with Crippen LogP contribution in [-0.4, -0.2) is 45.0 Å². The second-order valence-corrected chi connectivity index (χ2v) is 15.7. The highest BCUT2D eigenvalue weighted by atomic mass is 28.5. The molecule has 2 N–H and O–H groups in total. The zero-order chi connectivity index (χ0) is 13.3. The summed E-state index contributed by atoms with van der Waals surface area (Å²) in [7, 11) is -11.1. The molecule has 10 heteroatoms. The Hall–Kier alpha value is 0.628. The standard InChI is InChI=1S/C7H22O6Si4/c1-6-7-15(3)10-14(2)11-16(4,8)13-17(5,9)12-15/h8-9,14H,6-7H2,1-5H3. The van der Waals surface area contributed by atoms with Crippen molar-refractivity contribution in [3.8, 4) is 0 Å². The monoisotopic (exact) mass is 314 g/mol. The Morgan fingerprint density at radius 3 is 2.12 bits per heavy atom. The predicted molar refractivity (Wildman–Crippen MR) is 71.7 cm³/mol.